The summed E-state index contributed by atoms with van der Waals surface area (Å²) in [5, 5.41) is 5.35. The second-order valence-corrected chi connectivity index (χ2v) is 4.77. The number of nitrogens with two attached hydrogens (primary N) is 1. The van der Waals surface area contributed by atoms with Crippen molar-refractivity contribution in [3.63, 3.8) is 0 Å². The van der Waals surface area contributed by atoms with Crippen LogP contribution < -0.4 is 16.4 Å². The van der Waals surface area contributed by atoms with Crippen LogP contribution in [-0.2, 0) is 0 Å². The summed E-state index contributed by atoms with van der Waals surface area (Å²) in [6, 6.07) is 6.58. The van der Waals surface area contributed by atoms with E-state index in [1.54, 1.807) is 38.4 Å². The SMILES string of the molecule is CN(C)C(=O)NCCNC(=O)c1cccc(C(N)=S)c1. The Balaban J connectivity index is 2.45. The Labute approximate surface area is 123 Å². The molecule has 0 aliphatic rings. The van der Waals surface area contributed by atoms with Gasteiger partial charge in [-0.25, -0.2) is 4.79 Å². The topological polar surface area (TPSA) is 87.5 Å². The normalized spacial score (nSPS) is 9.70. The predicted octanol–water partition coefficient (Wildman–Crippen LogP) is 0.322. The van der Waals surface area contributed by atoms with Gasteiger partial charge in [-0.05, 0) is 12.1 Å². The van der Waals surface area contributed by atoms with Crippen LogP contribution in [0.5, 0.6) is 0 Å². The molecule has 0 aromatic heterocycles. The maximum absolute atomic E-state index is 11.9. The average Bonchev–Trinajstić information content (AvgIpc) is 2.43. The van der Waals surface area contributed by atoms with Crippen LogP contribution in [0.25, 0.3) is 0 Å². The minimum Gasteiger partial charge on any atom is -0.389 e. The molecule has 1 aromatic rings. The monoisotopic (exact) mass is 294 g/mol. The molecule has 108 valence electrons. The fraction of sp³-hybridized carbons (Fsp3) is 0.308. The van der Waals surface area contributed by atoms with Crippen molar-refractivity contribution in [1.82, 2.24) is 15.5 Å². The number of hydrogen-bond acceptors (Lipinski definition) is 3. The molecule has 0 atom stereocenters. The number of thiocarbonyl (C=S) groups is 1. The number of amides is 3. The third-order valence-corrected chi connectivity index (χ3v) is 2.74. The molecular weight excluding hydrogens is 276 g/mol. The molecule has 0 spiro atoms. The zero-order valence-electron chi connectivity index (χ0n) is 11.5. The van der Waals surface area contributed by atoms with E-state index in [4.69, 9.17) is 18.0 Å². The van der Waals surface area contributed by atoms with E-state index in [0.717, 1.165) is 0 Å². The summed E-state index contributed by atoms with van der Waals surface area (Å²) < 4.78 is 0. The summed E-state index contributed by atoms with van der Waals surface area (Å²) in [6.45, 7) is 0.702. The molecular formula is C13H18N4O2S. The molecule has 0 saturated carbocycles. The molecule has 0 bridgehead atoms. The van der Waals surface area contributed by atoms with Gasteiger partial charge in [-0.15, -0.1) is 0 Å². The number of benzene rings is 1. The first-order valence-electron chi connectivity index (χ1n) is 6.05. The van der Waals surface area contributed by atoms with Gasteiger partial charge in [0.25, 0.3) is 5.91 Å². The molecule has 3 amide bonds. The lowest BCUT2D eigenvalue weighted by Crippen LogP contribution is -2.39. The largest absolute Gasteiger partial charge is 0.389 e. The van der Waals surface area contributed by atoms with Gasteiger partial charge in [0.2, 0.25) is 0 Å². The van der Waals surface area contributed by atoms with E-state index in [2.05, 4.69) is 10.6 Å². The number of nitrogens with one attached hydrogen (secondary N) is 2. The molecule has 0 saturated heterocycles. The van der Waals surface area contributed by atoms with E-state index in [1.807, 2.05) is 0 Å². The number of rotatable bonds is 5. The fourth-order valence-electron chi connectivity index (χ4n) is 1.42. The van der Waals surface area contributed by atoms with Crippen molar-refractivity contribution in [1.29, 1.82) is 0 Å². The van der Waals surface area contributed by atoms with Crippen LogP contribution in [0, 0.1) is 0 Å². The second-order valence-electron chi connectivity index (χ2n) is 4.33. The number of carbonyl (C=O) groups is 2. The van der Waals surface area contributed by atoms with Crippen LogP contribution in [0.1, 0.15) is 15.9 Å². The molecule has 20 heavy (non-hydrogen) atoms. The highest BCUT2D eigenvalue weighted by Gasteiger charge is 2.07. The van der Waals surface area contributed by atoms with Gasteiger partial charge in [-0.1, -0.05) is 24.4 Å². The Kier molecular flexibility index (Phi) is 5.92. The second kappa shape index (κ2) is 7.44. The molecule has 0 fully saturated rings. The number of carbonyl (C=O) groups excluding carboxylic acids is 2. The molecule has 4 N–H and O–H groups in total. The summed E-state index contributed by atoms with van der Waals surface area (Å²) in [5.41, 5.74) is 6.64. The first-order chi connectivity index (χ1) is 9.41. The van der Waals surface area contributed by atoms with Crippen molar-refractivity contribution in [3.8, 4) is 0 Å². The molecule has 1 rings (SSSR count). The van der Waals surface area contributed by atoms with E-state index in [0.29, 0.717) is 24.2 Å². The lowest BCUT2D eigenvalue weighted by atomic mass is 10.1. The highest BCUT2D eigenvalue weighted by molar-refractivity contribution is 7.80. The van der Waals surface area contributed by atoms with Crippen molar-refractivity contribution in [3.05, 3.63) is 35.4 Å². The zero-order chi connectivity index (χ0) is 15.1. The number of hydrogen-bond donors (Lipinski definition) is 3. The van der Waals surface area contributed by atoms with E-state index in [-0.39, 0.29) is 16.9 Å². The van der Waals surface area contributed by atoms with Gasteiger partial charge in [-0.3, -0.25) is 4.79 Å². The Morgan fingerprint density at radius 2 is 1.80 bits per heavy atom. The quantitative estimate of drug-likeness (QED) is 0.539. The van der Waals surface area contributed by atoms with Crippen LogP contribution in [0.2, 0.25) is 0 Å². The third kappa shape index (κ3) is 4.85. The van der Waals surface area contributed by atoms with Gasteiger partial charge >= 0.3 is 6.03 Å². The highest BCUT2D eigenvalue weighted by atomic mass is 32.1. The predicted molar refractivity (Wildman–Crippen MR) is 81.7 cm³/mol. The lowest BCUT2D eigenvalue weighted by molar-refractivity contribution is 0.0953. The molecule has 0 unspecified atom stereocenters. The third-order valence-electron chi connectivity index (χ3n) is 2.50. The van der Waals surface area contributed by atoms with E-state index >= 15 is 0 Å². The minimum atomic E-state index is -0.234. The van der Waals surface area contributed by atoms with Crippen molar-refractivity contribution in [2.24, 2.45) is 5.73 Å². The standard InChI is InChI=1S/C13H18N4O2S/c1-17(2)13(19)16-7-6-15-12(18)10-5-3-4-9(8-10)11(14)20/h3-5,8H,6-7H2,1-2H3,(H2,14,20)(H,15,18)(H,16,19). The van der Waals surface area contributed by atoms with Gasteiger partial charge in [-0.2, -0.15) is 0 Å². The molecule has 0 radical (unpaired) electrons. The van der Waals surface area contributed by atoms with Gasteiger partial charge in [0.05, 0.1) is 0 Å². The van der Waals surface area contributed by atoms with Crippen molar-refractivity contribution < 1.29 is 9.59 Å². The summed E-state index contributed by atoms with van der Waals surface area (Å²) >= 11 is 4.86. The van der Waals surface area contributed by atoms with Gasteiger partial charge < -0.3 is 21.3 Å². The maximum atomic E-state index is 11.9. The van der Waals surface area contributed by atoms with Gasteiger partial charge in [0, 0.05) is 38.3 Å². The summed E-state index contributed by atoms with van der Waals surface area (Å²) in [6.07, 6.45) is 0. The Bertz CT molecular complexity index is 517. The van der Waals surface area contributed by atoms with Gasteiger partial charge in [0.1, 0.15) is 4.99 Å². The van der Waals surface area contributed by atoms with Crippen molar-refractivity contribution >= 4 is 29.1 Å². The average molecular weight is 294 g/mol. The van der Waals surface area contributed by atoms with Crippen LogP contribution in [-0.4, -0.2) is 49.0 Å². The van der Waals surface area contributed by atoms with Crippen molar-refractivity contribution in [2.75, 3.05) is 27.2 Å². The molecule has 7 heteroatoms. The van der Waals surface area contributed by atoms with E-state index in [1.165, 1.54) is 4.90 Å². The minimum absolute atomic E-state index is 0.199. The highest BCUT2D eigenvalue weighted by Crippen LogP contribution is 2.05. The van der Waals surface area contributed by atoms with E-state index in [9.17, 15) is 9.59 Å². The van der Waals surface area contributed by atoms with Crippen molar-refractivity contribution in [2.45, 2.75) is 0 Å². The number of nitrogens with zero attached hydrogens (tertiary/aromatic N) is 1. The molecule has 0 heterocycles. The number of urea groups is 1. The zero-order valence-corrected chi connectivity index (χ0v) is 12.3. The van der Waals surface area contributed by atoms with Crippen LogP contribution >= 0.6 is 12.2 Å². The fourth-order valence-corrected chi connectivity index (χ4v) is 1.55. The Morgan fingerprint density at radius 1 is 1.20 bits per heavy atom. The van der Waals surface area contributed by atoms with Crippen LogP contribution in [0.3, 0.4) is 0 Å². The van der Waals surface area contributed by atoms with Crippen LogP contribution in [0.15, 0.2) is 24.3 Å². The summed E-state index contributed by atoms with van der Waals surface area (Å²) in [7, 11) is 3.30. The Hall–Kier alpha value is -2.15. The summed E-state index contributed by atoms with van der Waals surface area (Å²) in [4.78, 5) is 24.8. The first-order valence-corrected chi connectivity index (χ1v) is 6.46. The van der Waals surface area contributed by atoms with Crippen LogP contribution in [0.4, 0.5) is 4.79 Å². The van der Waals surface area contributed by atoms with E-state index < -0.39 is 0 Å². The molecule has 0 aliphatic carbocycles. The first kappa shape index (κ1) is 15.9. The maximum Gasteiger partial charge on any atom is 0.316 e. The molecule has 6 nitrogen and oxygen atoms in total. The summed E-state index contributed by atoms with van der Waals surface area (Å²) in [5.74, 6) is -0.234. The van der Waals surface area contributed by atoms with Gasteiger partial charge in [0.15, 0.2) is 0 Å². The smallest absolute Gasteiger partial charge is 0.316 e. The lowest BCUT2D eigenvalue weighted by Gasteiger charge is -2.12. The molecule has 1 aromatic carbocycles. The Morgan fingerprint density at radius 3 is 2.40 bits per heavy atom. The molecule has 0 aliphatic heterocycles.